The van der Waals surface area contributed by atoms with Gasteiger partial charge in [0.15, 0.2) is 0 Å². The largest absolute Gasteiger partial charge is 0.496 e. The van der Waals surface area contributed by atoms with Gasteiger partial charge < -0.3 is 24.8 Å². The number of carbonyl (C=O) groups excluding carboxylic acids is 1. The van der Waals surface area contributed by atoms with Crippen LogP contribution in [0.4, 0.5) is 16.2 Å². The Balaban J connectivity index is 1.37. The molecule has 6 nitrogen and oxygen atoms in total. The van der Waals surface area contributed by atoms with Gasteiger partial charge in [0.1, 0.15) is 5.75 Å². The number of urea groups is 1. The highest BCUT2D eigenvalue weighted by molar-refractivity contribution is 5.89. The van der Waals surface area contributed by atoms with Crippen LogP contribution in [0, 0.1) is 13.8 Å². The smallest absolute Gasteiger partial charge is 0.321 e. The zero-order chi connectivity index (χ0) is 24.2. The molecule has 2 amide bonds. The molecule has 6 heteroatoms. The van der Waals surface area contributed by atoms with E-state index < -0.39 is 0 Å². The maximum Gasteiger partial charge on any atom is 0.321 e. The maximum atomic E-state index is 13.0. The van der Waals surface area contributed by atoms with Crippen molar-refractivity contribution in [2.24, 2.45) is 0 Å². The molecule has 2 aromatic rings. The highest BCUT2D eigenvalue weighted by Crippen LogP contribution is 2.36. The normalized spacial score (nSPS) is 17.8. The topological polar surface area (TPSA) is 48.1 Å². The molecule has 0 radical (unpaired) electrons. The highest BCUT2D eigenvalue weighted by Gasteiger charge is 2.26. The van der Waals surface area contributed by atoms with Gasteiger partial charge in [-0.2, -0.15) is 0 Å². The number of piperidine rings is 1. The third-order valence-electron chi connectivity index (χ3n) is 7.60. The molecule has 0 bridgehead atoms. The zero-order valence-corrected chi connectivity index (χ0v) is 21.4. The number of hydrogen-bond acceptors (Lipinski definition) is 4. The van der Waals surface area contributed by atoms with Crippen molar-refractivity contribution in [2.45, 2.75) is 52.5 Å². The summed E-state index contributed by atoms with van der Waals surface area (Å²) in [6.07, 6.45) is 2.23. The number of rotatable bonds is 5. The lowest BCUT2D eigenvalue weighted by Crippen LogP contribution is -2.50. The van der Waals surface area contributed by atoms with Crippen molar-refractivity contribution in [3.05, 3.63) is 53.1 Å². The molecule has 2 aliphatic heterocycles. The van der Waals surface area contributed by atoms with Crippen molar-refractivity contribution in [1.82, 2.24) is 9.80 Å². The summed E-state index contributed by atoms with van der Waals surface area (Å²) in [5.41, 5.74) is 5.92. The average Bonchev–Trinajstić information content (AvgIpc) is 2.86. The van der Waals surface area contributed by atoms with E-state index in [-0.39, 0.29) is 6.03 Å². The van der Waals surface area contributed by atoms with Crippen LogP contribution in [0.2, 0.25) is 0 Å². The molecule has 1 N–H and O–H groups in total. The van der Waals surface area contributed by atoms with E-state index in [9.17, 15) is 4.79 Å². The molecule has 0 spiro atoms. The number of anilines is 2. The van der Waals surface area contributed by atoms with E-state index in [1.165, 1.54) is 22.4 Å². The van der Waals surface area contributed by atoms with Crippen molar-refractivity contribution < 1.29 is 9.53 Å². The molecule has 2 saturated heterocycles. The van der Waals surface area contributed by atoms with E-state index in [1.54, 1.807) is 7.11 Å². The number of benzene rings is 2. The van der Waals surface area contributed by atoms with E-state index in [0.29, 0.717) is 12.0 Å². The van der Waals surface area contributed by atoms with Gasteiger partial charge in [0.25, 0.3) is 0 Å². The van der Waals surface area contributed by atoms with Crippen LogP contribution >= 0.6 is 0 Å². The first-order valence-corrected chi connectivity index (χ1v) is 12.7. The molecule has 0 aromatic heterocycles. The summed E-state index contributed by atoms with van der Waals surface area (Å²) in [4.78, 5) is 19.8. The van der Waals surface area contributed by atoms with Crippen LogP contribution in [0.5, 0.6) is 5.75 Å². The average molecular weight is 465 g/mol. The van der Waals surface area contributed by atoms with Gasteiger partial charge in [-0.05, 0) is 107 Å². The third-order valence-corrected chi connectivity index (χ3v) is 7.60. The standard InChI is InChI=1S/C28H40N4O2/c1-20(2)30-12-10-23(11-13-30)26-19-24(7-9-27(26)34-5)29-28(33)32-16-14-31(15-17-32)25-8-6-21(3)22(4)18-25/h6-9,18-20,23H,10-17H2,1-5H3,(H,29,33). The van der Waals surface area contributed by atoms with E-state index in [0.717, 1.165) is 63.5 Å². The fourth-order valence-electron chi connectivity index (χ4n) is 5.15. The molecule has 0 aliphatic carbocycles. The van der Waals surface area contributed by atoms with Crippen molar-refractivity contribution >= 4 is 17.4 Å². The Hall–Kier alpha value is -2.73. The second kappa shape index (κ2) is 10.7. The van der Waals surface area contributed by atoms with E-state index in [1.807, 2.05) is 17.0 Å². The van der Waals surface area contributed by atoms with Crippen molar-refractivity contribution in [2.75, 3.05) is 56.6 Å². The number of ether oxygens (including phenoxy) is 1. The van der Waals surface area contributed by atoms with E-state index in [4.69, 9.17) is 4.74 Å². The van der Waals surface area contributed by atoms with Crippen molar-refractivity contribution in [3.8, 4) is 5.75 Å². The number of likely N-dealkylation sites (tertiary alicyclic amines) is 1. The first-order chi connectivity index (χ1) is 16.4. The minimum atomic E-state index is -0.0227. The number of hydrogen-bond donors (Lipinski definition) is 1. The number of amides is 2. The molecule has 0 atom stereocenters. The fraction of sp³-hybridized carbons (Fsp3) is 0.536. The second-order valence-corrected chi connectivity index (χ2v) is 10.0. The minimum Gasteiger partial charge on any atom is -0.496 e. The van der Waals surface area contributed by atoms with Gasteiger partial charge in [0, 0.05) is 43.6 Å². The van der Waals surface area contributed by atoms with Crippen molar-refractivity contribution in [3.63, 3.8) is 0 Å². The third kappa shape index (κ3) is 5.49. The molecule has 184 valence electrons. The highest BCUT2D eigenvalue weighted by atomic mass is 16.5. The monoisotopic (exact) mass is 464 g/mol. The maximum absolute atomic E-state index is 13.0. The van der Waals surface area contributed by atoms with E-state index >= 15 is 0 Å². The molecule has 34 heavy (non-hydrogen) atoms. The fourth-order valence-corrected chi connectivity index (χ4v) is 5.15. The van der Waals surface area contributed by atoms with Crippen LogP contribution in [0.1, 0.15) is 49.3 Å². The molecule has 2 aromatic carbocycles. The Morgan fingerprint density at radius 2 is 1.65 bits per heavy atom. The number of carbonyl (C=O) groups is 1. The summed E-state index contributed by atoms with van der Waals surface area (Å²) >= 11 is 0. The molecule has 4 rings (SSSR count). The van der Waals surface area contributed by atoms with Crippen LogP contribution in [-0.4, -0.2) is 68.3 Å². The van der Waals surface area contributed by atoms with Gasteiger partial charge in [-0.25, -0.2) is 4.79 Å². The molecule has 2 fully saturated rings. The Kier molecular flexibility index (Phi) is 7.67. The Morgan fingerprint density at radius 1 is 0.941 bits per heavy atom. The first-order valence-electron chi connectivity index (χ1n) is 12.7. The summed E-state index contributed by atoms with van der Waals surface area (Å²) in [6.45, 7) is 14.2. The van der Waals surface area contributed by atoms with Crippen molar-refractivity contribution in [1.29, 1.82) is 0 Å². The predicted molar refractivity (Wildman–Crippen MR) is 140 cm³/mol. The first kappa shape index (κ1) is 24.4. The molecular formula is C28H40N4O2. The van der Waals surface area contributed by atoms with Gasteiger partial charge in [0.2, 0.25) is 0 Å². The molecule has 0 unspecified atom stereocenters. The number of aryl methyl sites for hydroxylation is 2. The van der Waals surface area contributed by atoms with Gasteiger partial charge in [-0.1, -0.05) is 6.07 Å². The Bertz CT molecular complexity index is 990. The summed E-state index contributed by atoms with van der Waals surface area (Å²) in [5.74, 6) is 1.38. The Labute approximate surface area is 204 Å². The number of nitrogens with one attached hydrogen (secondary N) is 1. The van der Waals surface area contributed by atoms with Gasteiger partial charge >= 0.3 is 6.03 Å². The Morgan fingerprint density at radius 3 is 2.26 bits per heavy atom. The summed E-state index contributed by atoms with van der Waals surface area (Å²) in [5, 5.41) is 3.14. The van der Waals surface area contributed by atoms with Crippen LogP contribution in [-0.2, 0) is 0 Å². The lowest BCUT2D eigenvalue weighted by molar-refractivity contribution is 0.171. The minimum absolute atomic E-state index is 0.0227. The number of nitrogens with zero attached hydrogens (tertiary/aromatic N) is 3. The molecule has 2 aliphatic rings. The quantitative estimate of drug-likeness (QED) is 0.656. The van der Waals surface area contributed by atoms with Gasteiger partial charge in [-0.15, -0.1) is 0 Å². The summed E-state index contributed by atoms with van der Waals surface area (Å²) < 4.78 is 5.68. The van der Waals surface area contributed by atoms with Crippen LogP contribution in [0.3, 0.4) is 0 Å². The predicted octanol–water partition coefficient (Wildman–Crippen LogP) is 5.25. The summed E-state index contributed by atoms with van der Waals surface area (Å²) in [7, 11) is 1.73. The van der Waals surface area contributed by atoms with Gasteiger partial charge in [0.05, 0.1) is 7.11 Å². The molecular weight excluding hydrogens is 424 g/mol. The van der Waals surface area contributed by atoms with E-state index in [2.05, 4.69) is 67.1 Å². The SMILES string of the molecule is COc1ccc(NC(=O)N2CCN(c3ccc(C)c(C)c3)CC2)cc1C1CCN(C(C)C)CC1. The molecule has 2 heterocycles. The van der Waals surface area contributed by atoms with Crippen LogP contribution < -0.4 is 15.0 Å². The van der Waals surface area contributed by atoms with Crippen LogP contribution in [0.15, 0.2) is 36.4 Å². The number of piperazine rings is 1. The zero-order valence-electron chi connectivity index (χ0n) is 21.4. The summed E-state index contributed by atoms with van der Waals surface area (Å²) in [6, 6.07) is 13.2. The lowest BCUT2D eigenvalue weighted by Gasteiger charge is -2.36. The van der Waals surface area contributed by atoms with Gasteiger partial charge in [-0.3, -0.25) is 0 Å². The van der Waals surface area contributed by atoms with Crippen LogP contribution in [0.25, 0.3) is 0 Å². The lowest BCUT2D eigenvalue weighted by atomic mass is 9.88. The second-order valence-electron chi connectivity index (χ2n) is 10.0. The molecule has 0 saturated carbocycles. The number of methoxy groups -OCH3 is 1.